The molecule has 0 aromatic heterocycles. The van der Waals surface area contributed by atoms with Gasteiger partial charge in [-0.1, -0.05) is 58.3 Å². The Hall–Kier alpha value is -0.243. The molecule has 20 heavy (non-hydrogen) atoms. The molecule has 0 unspecified atom stereocenters. The molecule has 1 aliphatic rings. The lowest BCUT2D eigenvalue weighted by molar-refractivity contribution is 0.379. The van der Waals surface area contributed by atoms with Crippen LogP contribution in [0.5, 0.6) is 0 Å². The highest BCUT2D eigenvalue weighted by atomic mass is 28.4. The van der Waals surface area contributed by atoms with Crippen LogP contribution in [0.15, 0.2) is 11.8 Å². The van der Waals surface area contributed by atoms with E-state index in [1.807, 2.05) is 0 Å². The largest absolute Gasteiger partial charge is 0.547 e. The first kappa shape index (κ1) is 17.8. The van der Waals surface area contributed by atoms with E-state index in [9.17, 15) is 0 Å². The average molecular weight is 297 g/mol. The Kier molecular flexibility index (Phi) is 9.33. The summed E-state index contributed by atoms with van der Waals surface area (Å²) in [6.45, 7) is 7.05. The molecule has 0 saturated heterocycles. The molecular weight excluding hydrogens is 260 g/mol. The SMILES string of the molecule is CCCC[Si](C)(C)O/C1=C\CCCCCCCCCC1. The number of hydrogen-bond donors (Lipinski definition) is 0. The van der Waals surface area contributed by atoms with Gasteiger partial charge in [-0.2, -0.15) is 0 Å². The Bertz CT molecular complexity index is 271. The number of allylic oxidation sites excluding steroid dienone is 2. The zero-order chi connectivity index (χ0) is 14.7. The van der Waals surface area contributed by atoms with Crippen LogP contribution in [-0.4, -0.2) is 8.32 Å². The summed E-state index contributed by atoms with van der Waals surface area (Å²) in [5.74, 6) is 1.33. The maximum absolute atomic E-state index is 6.48. The summed E-state index contributed by atoms with van der Waals surface area (Å²) in [5, 5.41) is 0. The van der Waals surface area contributed by atoms with Crippen molar-refractivity contribution in [3.63, 3.8) is 0 Å². The molecule has 1 rings (SSSR count). The first-order valence-electron chi connectivity index (χ1n) is 9.02. The summed E-state index contributed by atoms with van der Waals surface area (Å²) in [5.41, 5.74) is 0. The van der Waals surface area contributed by atoms with Crippen LogP contribution in [0.3, 0.4) is 0 Å². The zero-order valence-corrected chi connectivity index (χ0v) is 15.2. The minimum absolute atomic E-state index is 1.18. The molecule has 0 spiro atoms. The quantitative estimate of drug-likeness (QED) is 0.506. The second-order valence-electron chi connectivity index (χ2n) is 7.00. The van der Waals surface area contributed by atoms with E-state index in [-0.39, 0.29) is 0 Å². The van der Waals surface area contributed by atoms with E-state index < -0.39 is 8.32 Å². The lowest BCUT2D eigenvalue weighted by atomic mass is 10.0. The standard InChI is InChI=1S/C18H36OSi/c1-4-5-17-20(2,3)19-18-15-13-11-9-7-6-8-10-12-14-16-18/h15H,4-14,16-17H2,1-3H3/b18-15-. The third-order valence-electron chi connectivity index (χ3n) is 4.29. The molecule has 1 nitrogen and oxygen atoms in total. The van der Waals surface area contributed by atoms with Crippen molar-refractivity contribution in [3.8, 4) is 0 Å². The van der Waals surface area contributed by atoms with Crippen LogP contribution >= 0.6 is 0 Å². The summed E-state index contributed by atoms with van der Waals surface area (Å²) in [6, 6.07) is 1.31. The molecule has 0 radical (unpaired) electrons. The molecule has 0 aliphatic heterocycles. The van der Waals surface area contributed by atoms with E-state index in [0.717, 1.165) is 0 Å². The minimum Gasteiger partial charge on any atom is -0.547 e. The van der Waals surface area contributed by atoms with Crippen LogP contribution in [0.2, 0.25) is 19.1 Å². The van der Waals surface area contributed by atoms with Crippen molar-refractivity contribution < 1.29 is 4.43 Å². The Labute approximate surface area is 128 Å². The molecule has 0 aromatic rings. The molecule has 0 saturated carbocycles. The van der Waals surface area contributed by atoms with Gasteiger partial charge in [-0.15, -0.1) is 0 Å². The van der Waals surface area contributed by atoms with Gasteiger partial charge >= 0.3 is 0 Å². The molecule has 118 valence electrons. The van der Waals surface area contributed by atoms with E-state index in [0.29, 0.717) is 0 Å². The van der Waals surface area contributed by atoms with Crippen molar-refractivity contribution in [2.24, 2.45) is 0 Å². The molecule has 0 N–H and O–H groups in total. The van der Waals surface area contributed by atoms with Crippen LogP contribution < -0.4 is 0 Å². The van der Waals surface area contributed by atoms with Crippen molar-refractivity contribution in [1.29, 1.82) is 0 Å². The maximum atomic E-state index is 6.48. The van der Waals surface area contributed by atoms with Crippen molar-refractivity contribution in [3.05, 3.63) is 11.8 Å². The minimum atomic E-state index is -1.47. The second kappa shape index (κ2) is 10.5. The fourth-order valence-corrected chi connectivity index (χ4v) is 5.17. The summed E-state index contributed by atoms with van der Waals surface area (Å²) in [7, 11) is -1.47. The highest BCUT2D eigenvalue weighted by Crippen LogP contribution is 2.24. The Morgan fingerprint density at radius 3 is 2.20 bits per heavy atom. The van der Waals surface area contributed by atoms with Gasteiger partial charge < -0.3 is 4.43 Å². The molecule has 0 aromatic carbocycles. The van der Waals surface area contributed by atoms with E-state index in [2.05, 4.69) is 26.1 Å². The van der Waals surface area contributed by atoms with Gasteiger partial charge in [0.15, 0.2) is 0 Å². The Morgan fingerprint density at radius 2 is 1.55 bits per heavy atom. The van der Waals surface area contributed by atoms with Gasteiger partial charge in [0.05, 0.1) is 5.76 Å². The monoisotopic (exact) mass is 296 g/mol. The van der Waals surface area contributed by atoms with Gasteiger partial charge in [-0.25, -0.2) is 0 Å². The van der Waals surface area contributed by atoms with Crippen molar-refractivity contribution in [1.82, 2.24) is 0 Å². The molecule has 0 amide bonds. The van der Waals surface area contributed by atoms with Crippen molar-refractivity contribution in [2.45, 2.75) is 103 Å². The van der Waals surface area contributed by atoms with E-state index in [4.69, 9.17) is 4.43 Å². The third-order valence-corrected chi connectivity index (χ3v) is 6.66. The Morgan fingerprint density at radius 1 is 0.950 bits per heavy atom. The van der Waals surface area contributed by atoms with Gasteiger partial charge in [-0.05, 0) is 44.5 Å². The topological polar surface area (TPSA) is 9.23 Å². The molecule has 0 heterocycles. The van der Waals surface area contributed by atoms with E-state index >= 15 is 0 Å². The van der Waals surface area contributed by atoms with Crippen LogP contribution in [0.1, 0.15) is 84.0 Å². The number of unbranched alkanes of at least 4 members (excludes halogenated alkanes) is 1. The summed E-state index contributed by atoms with van der Waals surface area (Å²) in [4.78, 5) is 0. The van der Waals surface area contributed by atoms with Crippen molar-refractivity contribution in [2.75, 3.05) is 0 Å². The molecular formula is C18H36OSi. The van der Waals surface area contributed by atoms with Crippen LogP contribution in [-0.2, 0) is 4.43 Å². The smallest absolute Gasteiger partial charge is 0.244 e. The van der Waals surface area contributed by atoms with Gasteiger partial charge in [0.1, 0.15) is 0 Å². The maximum Gasteiger partial charge on any atom is 0.244 e. The van der Waals surface area contributed by atoms with Crippen LogP contribution in [0.25, 0.3) is 0 Å². The zero-order valence-electron chi connectivity index (χ0n) is 14.2. The number of hydrogen-bond acceptors (Lipinski definition) is 1. The third kappa shape index (κ3) is 8.83. The molecule has 2 heteroatoms. The van der Waals surface area contributed by atoms with Gasteiger partial charge in [-0.3, -0.25) is 0 Å². The normalized spacial score (nSPS) is 22.2. The lowest BCUT2D eigenvalue weighted by Gasteiger charge is -2.26. The summed E-state index contributed by atoms with van der Waals surface area (Å²) in [6.07, 6.45) is 18.7. The fraction of sp³-hybridized carbons (Fsp3) is 0.889. The predicted octanol–water partition coefficient (Wildman–Crippen LogP) is 6.81. The fourth-order valence-electron chi connectivity index (χ4n) is 2.97. The molecule has 0 bridgehead atoms. The first-order chi connectivity index (χ1) is 9.64. The second-order valence-corrected chi connectivity index (χ2v) is 11.2. The average Bonchev–Trinajstić information content (AvgIpc) is 2.39. The van der Waals surface area contributed by atoms with Gasteiger partial charge in [0.25, 0.3) is 0 Å². The predicted molar refractivity (Wildman–Crippen MR) is 92.5 cm³/mol. The molecule has 0 atom stereocenters. The summed E-state index contributed by atoms with van der Waals surface area (Å²) < 4.78 is 6.48. The first-order valence-corrected chi connectivity index (χ1v) is 12.1. The summed E-state index contributed by atoms with van der Waals surface area (Å²) >= 11 is 0. The highest BCUT2D eigenvalue weighted by molar-refractivity contribution is 6.71. The highest BCUT2D eigenvalue weighted by Gasteiger charge is 2.24. The van der Waals surface area contributed by atoms with Crippen LogP contribution in [0.4, 0.5) is 0 Å². The Balaban J connectivity index is 2.48. The van der Waals surface area contributed by atoms with E-state index in [1.165, 1.54) is 88.9 Å². The van der Waals surface area contributed by atoms with Gasteiger partial charge in [0.2, 0.25) is 8.32 Å². The lowest BCUT2D eigenvalue weighted by Crippen LogP contribution is -2.29. The van der Waals surface area contributed by atoms with Crippen LogP contribution in [0, 0.1) is 0 Å². The molecule has 1 aliphatic carbocycles. The number of rotatable bonds is 5. The van der Waals surface area contributed by atoms with Gasteiger partial charge in [0, 0.05) is 6.42 Å². The van der Waals surface area contributed by atoms with E-state index in [1.54, 1.807) is 0 Å². The van der Waals surface area contributed by atoms with Crippen molar-refractivity contribution >= 4 is 8.32 Å². The molecule has 0 fully saturated rings.